The summed E-state index contributed by atoms with van der Waals surface area (Å²) in [6.45, 7) is 5.67. The quantitative estimate of drug-likeness (QED) is 0.467. The molecule has 0 amide bonds. The van der Waals surface area contributed by atoms with Crippen LogP contribution in [0.25, 0.3) is 0 Å². The first kappa shape index (κ1) is 13.6. The highest BCUT2D eigenvalue weighted by atomic mass is 31.0. The lowest BCUT2D eigenvalue weighted by Crippen LogP contribution is -2.21. The van der Waals surface area contributed by atoms with Gasteiger partial charge in [0.1, 0.15) is 6.29 Å². The molecule has 0 spiro atoms. The number of rotatable bonds is 5. The van der Waals surface area contributed by atoms with Gasteiger partial charge in [0.05, 0.1) is 6.54 Å². The Balaban J connectivity index is 0. The van der Waals surface area contributed by atoms with E-state index in [1.165, 1.54) is 12.8 Å². The average Bonchev–Trinajstić information content (AvgIpc) is 2.05. The fraction of sp³-hybridized carbons (Fsp3) is 0.875. The highest BCUT2D eigenvalue weighted by molar-refractivity contribution is 7.15. The molecule has 11 heavy (non-hydrogen) atoms. The summed E-state index contributed by atoms with van der Waals surface area (Å²) in [4.78, 5) is 12.0. The van der Waals surface area contributed by atoms with Crippen molar-refractivity contribution in [3.8, 4) is 0 Å². The lowest BCUT2D eigenvalue weighted by atomic mass is 10.3. The zero-order chi connectivity index (χ0) is 9.11. The Bertz CT molecular complexity index is 78.5. The van der Waals surface area contributed by atoms with Crippen molar-refractivity contribution in [1.29, 1.82) is 0 Å². The Kier molecular flexibility index (Phi) is 15.8. The summed E-state index contributed by atoms with van der Waals surface area (Å²) in [5.41, 5.74) is 0. The van der Waals surface area contributed by atoms with Crippen LogP contribution in [0.3, 0.4) is 0 Å². The lowest BCUT2D eigenvalue weighted by Gasteiger charge is -2.10. The molecule has 0 fully saturated rings. The Morgan fingerprint density at radius 2 is 2.00 bits per heavy atom. The number of nitrogens with zero attached hydrogens (tertiary/aromatic N) is 1. The number of likely N-dealkylation sites (N-methyl/N-ethyl adjacent to an activating group) is 1. The van der Waals surface area contributed by atoms with Crippen LogP contribution in [0.1, 0.15) is 19.8 Å². The third-order valence-electron chi connectivity index (χ3n) is 1.28. The molecule has 3 heteroatoms. The minimum absolute atomic E-state index is 0.569. The SMILES string of the molecule is CCCCN(C)CC=O.CP. The number of hydrogen-bond acceptors (Lipinski definition) is 2. The van der Waals surface area contributed by atoms with E-state index in [0.717, 1.165) is 12.8 Å². The van der Waals surface area contributed by atoms with Gasteiger partial charge in [-0.2, -0.15) is 0 Å². The van der Waals surface area contributed by atoms with Crippen molar-refractivity contribution in [3.05, 3.63) is 0 Å². The van der Waals surface area contributed by atoms with Gasteiger partial charge in [-0.15, -0.1) is 9.24 Å². The van der Waals surface area contributed by atoms with Gasteiger partial charge in [-0.3, -0.25) is 4.90 Å². The standard InChI is InChI=1S/C7H15NO.CH5P/c1-3-4-5-8(2)6-7-9;1-2/h7H,3-6H2,1-2H3;2H2,1H3. The molecular formula is C8H20NOP. The maximum absolute atomic E-state index is 9.94. The van der Waals surface area contributed by atoms with E-state index < -0.39 is 0 Å². The third-order valence-corrected chi connectivity index (χ3v) is 1.28. The van der Waals surface area contributed by atoms with E-state index in [0.29, 0.717) is 6.54 Å². The molecule has 2 nitrogen and oxygen atoms in total. The molecule has 68 valence electrons. The van der Waals surface area contributed by atoms with Gasteiger partial charge in [0.2, 0.25) is 0 Å². The van der Waals surface area contributed by atoms with Crippen LogP contribution in [-0.4, -0.2) is 38.0 Å². The van der Waals surface area contributed by atoms with Crippen LogP contribution in [0.4, 0.5) is 0 Å². The van der Waals surface area contributed by atoms with Crippen LogP contribution in [0.15, 0.2) is 0 Å². The first-order chi connectivity index (χ1) is 5.31. The minimum Gasteiger partial charge on any atom is -0.302 e. The molecule has 0 saturated heterocycles. The van der Waals surface area contributed by atoms with Crippen molar-refractivity contribution in [2.24, 2.45) is 0 Å². The third kappa shape index (κ3) is 13.1. The lowest BCUT2D eigenvalue weighted by molar-refractivity contribution is -0.108. The van der Waals surface area contributed by atoms with Crippen molar-refractivity contribution in [2.45, 2.75) is 19.8 Å². The van der Waals surface area contributed by atoms with Gasteiger partial charge in [-0.1, -0.05) is 20.0 Å². The Hall–Kier alpha value is 0.0600. The fourth-order valence-electron chi connectivity index (χ4n) is 0.647. The molecule has 1 atom stereocenters. The molecule has 0 rings (SSSR count). The summed E-state index contributed by atoms with van der Waals surface area (Å²) in [7, 11) is 4.38. The summed E-state index contributed by atoms with van der Waals surface area (Å²) in [5, 5.41) is 0. The Morgan fingerprint density at radius 3 is 2.36 bits per heavy atom. The van der Waals surface area contributed by atoms with Crippen molar-refractivity contribution < 1.29 is 4.79 Å². The summed E-state index contributed by atoms with van der Waals surface area (Å²) < 4.78 is 0. The summed E-state index contributed by atoms with van der Waals surface area (Å²) in [6, 6.07) is 0. The van der Waals surface area contributed by atoms with Crippen molar-refractivity contribution >= 4 is 15.5 Å². The Morgan fingerprint density at radius 1 is 1.45 bits per heavy atom. The molecule has 0 aromatic rings. The van der Waals surface area contributed by atoms with Crippen LogP contribution in [0, 0.1) is 0 Å². The number of unbranched alkanes of at least 4 members (excludes halogenated alkanes) is 1. The Labute approximate surface area is 72.6 Å². The molecule has 0 aromatic heterocycles. The zero-order valence-corrected chi connectivity index (χ0v) is 8.99. The maximum atomic E-state index is 9.94. The van der Waals surface area contributed by atoms with E-state index in [9.17, 15) is 4.79 Å². The first-order valence-corrected chi connectivity index (χ1v) is 5.16. The second kappa shape index (κ2) is 12.7. The molecule has 0 aliphatic rings. The average molecular weight is 177 g/mol. The van der Waals surface area contributed by atoms with Gasteiger partial charge in [-0.25, -0.2) is 0 Å². The highest BCUT2D eigenvalue weighted by Crippen LogP contribution is 1.88. The van der Waals surface area contributed by atoms with E-state index in [-0.39, 0.29) is 0 Å². The second-order valence-corrected chi connectivity index (χ2v) is 2.28. The van der Waals surface area contributed by atoms with Gasteiger partial charge < -0.3 is 4.79 Å². The van der Waals surface area contributed by atoms with Crippen molar-refractivity contribution in [1.82, 2.24) is 4.90 Å². The van der Waals surface area contributed by atoms with Gasteiger partial charge in [0.25, 0.3) is 0 Å². The molecule has 0 saturated carbocycles. The second-order valence-electron chi connectivity index (χ2n) is 2.28. The molecule has 0 N–H and O–H groups in total. The van der Waals surface area contributed by atoms with Gasteiger partial charge in [0, 0.05) is 0 Å². The van der Waals surface area contributed by atoms with E-state index in [2.05, 4.69) is 16.2 Å². The molecule has 0 aliphatic heterocycles. The smallest absolute Gasteiger partial charge is 0.133 e. The molecule has 0 aliphatic carbocycles. The van der Waals surface area contributed by atoms with E-state index in [4.69, 9.17) is 0 Å². The van der Waals surface area contributed by atoms with Crippen LogP contribution in [-0.2, 0) is 4.79 Å². The topological polar surface area (TPSA) is 20.3 Å². The van der Waals surface area contributed by atoms with Crippen molar-refractivity contribution in [2.75, 3.05) is 26.8 Å². The molecule has 0 aromatic carbocycles. The molecule has 0 heterocycles. The van der Waals surface area contributed by atoms with Gasteiger partial charge in [0.15, 0.2) is 0 Å². The van der Waals surface area contributed by atoms with Gasteiger partial charge >= 0.3 is 0 Å². The predicted octanol–water partition coefficient (Wildman–Crippen LogP) is 1.41. The molecule has 1 unspecified atom stereocenters. The molecular weight excluding hydrogens is 157 g/mol. The van der Waals surface area contributed by atoms with Crippen LogP contribution < -0.4 is 0 Å². The minimum atomic E-state index is 0.569. The van der Waals surface area contributed by atoms with E-state index >= 15 is 0 Å². The molecule has 0 bridgehead atoms. The van der Waals surface area contributed by atoms with Gasteiger partial charge in [-0.05, 0) is 20.0 Å². The number of carbonyl (C=O) groups excluding carboxylic acids is 1. The zero-order valence-electron chi connectivity index (χ0n) is 7.84. The normalized spacial score (nSPS) is 8.82. The highest BCUT2D eigenvalue weighted by Gasteiger charge is 1.92. The number of aldehydes is 1. The van der Waals surface area contributed by atoms with Crippen LogP contribution in [0.5, 0.6) is 0 Å². The first-order valence-electron chi connectivity index (χ1n) is 4.01. The largest absolute Gasteiger partial charge is 0.302 e. The summed E-state index contributed by atoms with van der Waals surface area (Å²) in [6.07, 6.45) is 3.32. The van der Waals surface area contributed by atoms with Crippen LogP contribution in [0.2, 0.25) is 0 Å². The van der Waals surface area contributed by atoms with Crippen molar-refractivity contribution in [3.63, 3.8) is 0 Å². The van der Waals surface area contributed by atoms with Crippen LogP contribution >= 0.6 is 9.24 Å². The fourth-order valence-corrected chi connectivity index (χ4v) is 0.647. The summed E-state index contributed by atoms with van der Waals surface area (Å²) in [5.74, 6) is 0. The number of hydrogen-bond donors (Lipinski definition) is 0. The predicted molar refractivity (Wildman–Crippen MR) is 54.1 cm³/mol. The summed E-state index contributed by atoms with van der Waals surface area (Å²) >= 11 is 0. The van der Waals surface area contributed by atoms with E-state index in [1.54, 1.807) is 0 Å². The molecule has 0 radical (unpaired) electrons. The maximum Gasteiger partial charge on any atom is 0.133 e. The monoisotopic (exact) mass is 177 g/mol. The van der Waals surface area contributed by atoms with E-state index in [1.807, 2.05) is 18.6 Å². The number of carbonyl (C=O) groups is 1.